The Morgan fingerprint density at radius 2 is 2.05 bits per heavy atom. The number of carboxylic acid groups (broad SMARTS) is 1. The van der Waals surface area contributed by atoms with E-state index in [0.717, 1.165) is 25.3 Å². The van der Waals surface area contributed by atoms with Gasteiger partial charge in [0.15, 0.2) is 11.5 Å². The third-order valence-corrected chi connectivity index (χ3v) is 2.84. The summed E-state index contributed by atoms with van der Waals surface area (Å²) < 4.78 is 11.0. The van der Waals surface area contributed by atoms with Gasteiger partial charge < -0.3 is 14.6 Å². The molecular formula is C16H20O5. The van der Waals surface area contributed by atoms with Gasteiger partial charge in [-0.05, 0) is 24.6 Å². The number of carbonyl (C=O) groups excluding carboxylic acids is 1. The van der Waals surface area contributed by atoms with Crippen LogP contribution in [0.2, 0.25) is 0 Å². The van der Waals surface area contributed by atoms with Crippen LogP contribution >= 0.6 is 0 Å². The van der Waals surface area contributed by atoms with Gasteiger partial charge in [-0.3, -0.25) is 4.79 Å². The largest absolute Gasteiger partial charge is 0.492 e. The molecule has 0 bridgehead atoms. The molecule has 0 aromatic heterocycles. The van der Waals surface area contributed by atoms with Gasteiger partial charge in [-0.2, -0.15) is 0 Å². The molecule has 0 aliphatic rings. The summed E-state index contributed by atoms with van der Waals surface area (Å²) in [4.78, 5) is 21.6. The number of hydrogen-bond donors (Lipinski definition) is 1. The fraction of sp³-hybridized carbons (Fsp3) is 0.375. The zero-order valence-electron chi connectivity index (χ0n) is 12.3. The highest BCUT2D eigenvalue weighted by Gasteiger charge is 2.10. The van der Waals surface area contributed by atoms with Crippen LogP contribution in [0, 0.1) is 0 Å². The molecule has 0 spiro atoms. The molecule has 0 unspecified atom stereocenters. The molecule has 5 nitrogen and oxygen atoms in total. The van der Waals surface area contributed by atoms with Crippen molar-refractivity contribution in [3.63, 3.8) is 0 Å². The summed E-state index contributed by atoms with van der Waals surface area (Å²) in [5.74, 6) is -1.40. The molecule has 1 aromatic rings. The van der Waals surface area contributed by atoms with Gasteiger partial charge in [-0.25, -0.2) is 4.79 Å². The van der Waals surface area contributed by atoms with Gasteiger partial charge in [0.1, 0.15) is 0 Å². The zero-order chi connectivity index (χ0) is 15.7. The first-order chi connectivity index (χ1) is 10.1. The smallest absolute Gasteiger partial charge is 0.376 e. The van der Waals surface area contributed by atoms with Crippen LogP contribution in [0.5, 0.6) is 11.5 Å². The molecule has 0 amide bonds. The summed E-state index contributed by atoms with van der Waals surface area (Å²) in [5.41, 5.74) is 0.597. The number of ether oxygens (including phenoxy) is 2. The second-order valence-electron chi connectivity index (χ2n) is 4.44. The first-order valence-electron chi connectivity index (χ1n) is 6.85. The lowest BCUT2D eigenvalue weighted by Crippen LogP contribution is -2.08. The SMILES string of the molecule is CCCCCOc1cccc(/C=C/C(=O)C(=O)O)c1OC. The lowest BCUT2D eigenvalue weighted by molar-refractivity contribution is -0.146. The molecule has 114 valence electrons. The standard InChI is InChI=1S/C16H20O5/c1-3-4-5-11-21-14-8-6-7-12(15(14)20-2)9-10-13(17)16(18)19/h6-10H,3-5,11H2,1-2H3,(H,18,19)/b10-9+. The third kappa shape index (κ3) is 5.30. The van der Waals surface area contributed by atoms with Gasteiger partial charge in [-0.15, -0.1) is 0 Å². The van der Waals surface area contributed by atoms with E-state index in [1.807, 2.05) is 0 Å². The molecule has 0 atom stereocenters. The first-order valence-corrected chi connectivity index (χ1v) is 6.85. The molecule has 0 fully saturated rings. The summed E-state index contributed by atoms with van der Waals surface area (Å²) in [6.45, 7) is 2.71. The van der Waals surface area contributed by atoms with Crippen LogP contribution in [-0.4, -0.2) is 30.6 Å². The van der Waals surface area contributed by atoms with Gasteiger partial charge in [0.2, 0.25) is 0 Å². The van der Waals surface area contributed by atoms with Crippen molar-refractivity contribution in [2.45, 2.75) is 26.2 Å². The monoisotopic (exact) mass is 292 g/mol. The van der Waals surface area contributed by atoms with Crippen molar-refractivity contribution < 1.29 is 24.2 Å². The van der Waals surface area contributed by atoms with E-state index < -0.39 is 11.8 Å². The number of hydrogen-bond acceptors (Lipinski definition) is 4. The Balaban J connectivity index is 2.85. The van der Waals surface area contributed by atoms with Crippen molar-refractivity contribution in [3.8, 4) is 11.5 Å². The van der Waals surface area contributed by atoms with Gasteiger partial charge in [0.25, 0.3) is 5.78 Å². The number of benzene rings is 1. The van der Waals surface area contributed by atoms with Crippen LogP contribution in [0.15, 0.2) is 24.3 Å². The maximum Gasteiger partial charge on any atom is 0.376 e. The van der Waals surface area contributed by atoms with Crippen LogP contribution in [0.25, 0.3) is 6.08 Å². The molecule has 5 heteroatoms. The van der Waals surface area contributed by atoms with E-state index in [1.165, 1.54) is 13.2 Å². The van der Waals surface area contributed by atoms with Crippen LogP contribution < -0.4 is 9.47 Å². The predicted molar refractivity (Wildman–Crippen MR) is 79.7 cm³/mol. The Kier molecular flexibility index (Phi) is 7.01. The molecule has 0 saturated heterocycles. The minimum absolute atomic E-state index is 0.489. The first kappa shape index (κ1) is 16.8. The van der Waals surface area contributed by atoms with E-state index >= 15 is 0 Å². The van der Waals surface area contributed by atoms with E-state index in [2.05, 4.69) is 6.92 Å². The molecule has 0 aliphatic heterocycles. The third-order valence-electron chi connectivity index (χ3n) is 2.84. The Hall–Kier alpha value is -2.30. The number of methoxy groups -OCH3 is 1. The second kappa shape index (κ2) is 8.79. The number of rotatable bonds is 9. The number of carboxylic acids is 1. The van der Waals surface area contributed by atoms with Crippen molar-refractivity contribution in [3.05, 3.63) is 29.8 Å². The summed E-state index contributed by atoms with van der Waals surface area (Å²) in [6.07, 6.45) is 5.57. The average Bonchev–Trinajstić information content (AvgIpc) is 2.48. The molecule has 21 heavy (non-hydrogen) atoms. The average molecular weight is 292 g/mol. The quantitative estimate of drug-likeness (QED) is 0.430. The Labute approximate surface area is 124 Å². The maximum absolute atomic E-state index is 11.1. The van der Waals surface area contributed by atoms with Crippen molar-refractivity contribution in [1.82, 2.24) is 0 Å². The number of aliphatic carboxylic acids is 1. The molecule has 1 aromatic carbocycles. The van der Waals surface area contributed by atoms with Crippen molar-refractivity contribution in [1.29, 1.82) is 0 Å². The van der Waals surface area contributed by atoms with Crippen molar-refractivity contribution in [2.24, 2.45) is 0 Å². The van der Waals surface area contributed by atoms with E-state index in [9.17, 15) is 9.59 Å². The van der Waals surface area contributed by atoms with E-state index in [0.29, 0.717) is 23.7 Å². The topological polar surface area (TPSA) is 72.8 Å². The highest BCUT2D eigenvalue weighted by molar-refractivity contribution is 6.38. The van der Waals surface area contributed by atoms with Gasteiger partial charge >= 0.3 is 5.97 Å². The fourth-order valence-electron chi connectivity index (χ4n) is 1.77. The zero-order valence-corrected chi connectivity index (χ0v) is 12.3. The molecular weight excluding hydrogens is 272 g/mol. The normalized spacial score (nSPS) is 10.6. The minimum Gasteiger partial charge on any atom is -0.492 e. The second-order valence-corrected chi connectivity index (χ2v) is 4.44. The van der Waals surface area contributed by atoms with Crippen molar-refractivity contribution in [2.75, 3.05) is 13.7 Å². The number of unbranched alkanes of at least 4 members (excludes halogenated alkanes) is 2. The molecule has 1 rings (SSSR count). The van der Waals surface area contributed by atoms with Gasteiger partial charge in [-0.1, -0.05) is 31.9 Å². The molecule has 0 aliphatic carbocycles. The summed E-state index contributed by atoms with van der Waals surface area (Å²) in [6, 6.07) is 5.27. The van der Waals surface area contributed by atoms with Gasteiger partial charge in [0, 0.05) is 5.56 Å². The maximum atomic E-state index is 11.1. The Bertz CT molecular complexity index is 519. The predicted octanol–water partition coefficient (Wildman–Crippen LogP) is 2.93. The lowest BCUT2D eigenvalue weighted by atomic mass is 10.1. The highest BCUT2D eigenvalue weighted by Crippen LogP contribution is 2.32. The Morgan fingerprint density at radius 3 is 2.67 bits per heavy atom. The number of para-hydroxylation sites is 1. The number of ketones is 1. The van der Waals surface area contributed by atoms with E-state index in [1.54, 1.807) is 18.2 Å². The van der Waals surface area contributed by atoms with Crippen LogP contribution in [0.1, 0.15) is 31.7 Å². The number of carbonyl (C=O) groups is 2. The van der Waals surface area contributed by atoms with Crippen LogP contribution in [0.4, 0.5) is 0 Å². The van der Waals surface area contributed by atoms with Crippen LogP contribution in [0.3, 0.4) is 0 Å². The van der Waals surface area contributed by atoms with Crippen LogP contribution in [-0.2, 0) is 9.59 Å². The molecule has 0 saturated carbocycles. The van der Waals surface area contributed by atoms with Gasteiger partial charge in [0.05, 0.1) is 13.7 Å². The Morgan fingerprint density at radius 1 is 1.29 bits per heavy atom. The molecule has 0 radical (unpaired) electrons. The lowest BCUT2D eigenvalue weighted by Gasteiger charge is -2.12. The minimum atomic E-state index is -1.49. The fourth-order valence-corrected chi connectivity index (χ4v) is 1.77. The van der Waals surface area contributed by atoms with E-state index in [4.69, 9.17) is 14.6 Å². The highest BCUT2D eigenvalue weighted by atomic mass is 16.5. The molecule has 0 heterocycles. The van der Waals surface area contributed by atoms with Crippen molar-refractivity contribution >= 4 is 17.8 Å². The summed E-state index contributed by atoms with van der Waals surface area (Å²) in [7, 11) is 1.50. The molecule has 1 N–H and O–H groups in total. The summed E-state index contributed by atoms with van der Waals surface area (Å²) >= 11 is 0. The summed E-state index contributed by atoms with van der Waals surface area (Å²) in [5, 5.41) is 8.55. The van der Waals surface area contributed by atoms with E-state index in [-0.39, 0.29) is 0 Å².